The first-order chi connectivity index (χ1) is 16.8. The first-order valence-electron chi connectivity index (χ1n) is 12.1. The standard InChI is InChI=1S/C26H33Cl2N5O2/c1-3-7-16(4-2)24(20-12-10-18(27)14-22(20)34)30-32-26(29)33-31-25(17-8-5-6-9-17)21-13-11-19(28)15-23(21)35/h10-17,34-35H,3-9H2,1-2H3,(H3,29,32,33). The molecule has 0 amide bonds. The number of hydrogen-bond acceptors (Lipinski definition) is 5. The van der Waals surface area contributed by atoms with E-state index in [1.165, 1.54) is 12.1 Å². The summed E-state index contributed by atoms with van der Waals surface area (Å²) in [7, 11) is 0. The van der Waals surface area contributed by atoms with E-state index >= 15 is 0 Å². The summed E-state index contributed by atoms with van der Waals surface area (Å²) in [6.45, 7) is 4.19. The zero-order valence-corrected chi connectivity index (χ0v) is 21.6. The van der Waals surface area contributed by atoms with Gasteiger partial charge < -0.3 is 15.9 Å². The van der Waals surface area contributed by atoms with Crippen LogP contribution in [-0.2, 0) is 0 Å². The molecule has 3 rings (SSSR count). The van der Waals surface area contributed by atoms with Gasteiger partial charge in [0.25, 0.3) is 0 Å². The molecule has 1 fully saturated rings. The van der Waals surface area contributed by atoms with Crippen molar-refractivity contribution in [1.29, 1.82) is 0 Å². The van der Waals surface area contributed by atoms with Crippen molar-refractivity contribution in [1.82, 2.24) is 5.43 Å². The molecule has 0 bridgehead atoms. The Balaban J connectivity index is 1.93. The predicted molar refractivity (Wildman–Crippen MR) is 145 cm³/mol. The molecule has 0 heterocycles. The second kappa shape index (κ2) is 12.8. The Morgan fingerprint density at radius 1 is 1.00 bits per heavy atom. The van der Waals surface area contributed by atoms with Crippen molar-refractivity contribution >= 4 is 40.6 Å². The summed E-state index contributed by atoms with van der Waals surface area (Å²) in [4.78, 5) is 0. The molecule has 7 nitrogen and oxygen atoms in total. The topological polar surface area (TPSA) is 116 Å². The molecular formula is C26H33Cl2N5O2. The predicted octanol–water partition coefficient (Wildman–Crippen LogP) is 6.43. The molecule has 1 saturated carbocycles. The zero-order valence-electron chi connectivity index (χ0n) is 20.1. The molecule has 0 spiro atoms. The molecule has 5 N–H and O–H groups in total. The molecule has 2 aromatic rings. The van der Waals surface area contributed by atoms with Crippen LogP contribution in [0.25, 0.3) is 0 Å². The summed E-state index contributed by atoms with van der Waals surface area (Å²) >= 11 is 12.0. The number of guanidine groups is 1. The normalized spacial score (nSPS) is 16.5. The van der Waals surface area contributed by atoms with E-state index in [-0.39, 0.29) is 29.3 Å². The van der Waals surface area contributed by atoms with E-state index in [0.29, 0.717) is 32.6 Å². The Hall–Kier alpha value is -2.77. The summed E-state index contributed by atoms with van der Waals surface area (Å²) in [6, 6.07) is 9.95. The zero-order chi connectivity index (χ0) is 25.4. The molecule has 1 aliphatic carbocycles. The average molecular weight is 518 g/mol. The SMILES string of the molecule is CCCC(CC)C(=NNC(N)=NN=C(c1ccc(Cl)cc1O)C1CCCC1)c1ccc(Cl)cc1O. The van der Waals surface area contributed by atoms with Gasteiger partial charge >= 0.3 is 0 Å². The largest absolute Gasteiger partial charge is 0.507 e. The van der Waals surface area contributed by atoms with E-state index in [0.717, 1.165) is 44.9 Å². The van der Waals surface area contributed by atoms with Crippen molar-refractivity contribution in [3.63, 3.8) is 0 Å². The van der Waals surface area contributed by atoms with E-state index in [2.05, 4.69) is 34.6 Å². The van der Waals surface area contributed by atoms with Gasteiger partial charge in [0.2, 0.25) is 5.96 Å². The molecule has 2 aromatic carbocycles. The number of benzene rings is 2. The molecule has 0 saturated heterocycles. The Morgan fingerprint density at radius 2 is 1.60 bits per heavy atom. The molecule has 0 aromatic heterocycles. The van der Waals surface area contributed by atoms with Gasteiger partial charge in [-0.25, -0.2) is 5.43 Å². The van der Waals surface area contributed by atoms with E-state index < -0.39 is 0 Å². The number of nitrogens with zero attached hydrogens (tertiary/aromatic N) is 3. The van der Waals surface area contributed by atoms with Crippen molar-refractivity contribution in [3.8, 4) is 11.5 Å². The number of rotatable bonds is 9. The third-order valence-electron chi connectivity index (χ3n) is 6.29. The lowest BCUT2D eigenvalue weighted by Gasteiger charge is -2.18. The molecule has 1 unspecified atom stereocenters. The van der Waals surface area contributed by atoms with Crippen LogP contribution in [0.3, 0.4) is 0 Å². The molecule has 0 radical (unpaired) electrons. The van der Waals surface area contributed by atoms with E-state index in [4.69, 9.17) is 28.9 Å². The smallest absolute Gasteiger partial charge is 0.234 e. The average Bonchev–Trinajstić information content (AvgIpc) is 3.35. The van der Waals surface area contributed by atoms with E-state index in [9.17, 15) is 10.2 Å². The van der Waals surface area contributed by atoms with Crippen LogP contribution in [0.15, 0.2) is 51.7 Å². The Morgan fingerprint density at radius 3 is 2.14 bits per heavy atom. The van der Waals surface area contributed by atoms with Crippen LogP contribution >= 0.6 is 23.2 Å². The number of nitrogens with one attached hydrogen (secondary N) is 1. The lowest BCUT2D eigenvalue weighted by Crippen LogP contribution is -2.30. The van der Waals surface area contributed by atoms with Crippen LogP contribution in [0.5, 0.6) is 11.5 Å². The van der Waals surface area contributed by atoms with Gasteiger partial charge in [-0.05, 0) is 62.1 Å². The number of hydrogen-bond donors (Lipinski definition) is 4. The number of aromatic hydroxyl groups is 2. The highest BCUT2D eigenvalue weighted by Gasteiger charge is 2.24. The fourth-order valence-corrected chi connectivity index (χ4v) is 4.83. The third-order valence-corrected chi connectivity index (χ3v) is 6.76. The molecule has 1 aliphatic rings. The van der Waals surface area contributed by atoms with Crippen LogP contribution in [0.4, 0.5) is 0 Å². The number of hydrazone groups is 1. The van der Waals surface area contributed by atoms with Crippen molar-refractivity contribution < 1.29 is 10.2 Å². The molecule has 1 atom stereocenters. The van der Waals surface area contributed by atoms with E-state index in [1.807, 2.05) is 0 Å². The van der Waals surface area contributed by atoms with Crippen molar-refractivity contribution in [2.24, 2.45) is 32.9 Å². The van der Waals surface area contributed by atoms with E-state index in [1.54, 1.807) is 24.3 Å². The summed E-state index contributed by atoms with van der Waals surface area (Å²) in [5.74, 6) is 0.413. The summed E-state index contributed by atoms with van der Waals surface area (Å²) < 4.78 is 0. The van der Waals surface area contributed by atoms with Crippen LogP contribution in [0, 0.1) is 11.8 Å². The molecular weight excluding hydrogens is 485 g/mol. The number of phenolic OH excluding ortho intramolecular Hbond substituents is 2. The maximum absolute atomic E-state index is 10.5. The Labute approximate surface area is 216 Å². The fraction of sp³-hybridized carbons (Fsp3) is 0.423. The minimum Gasteiger partial charge on any atom is -0.507 e. The first kappa shape index (κ1) is 26.8. The molecule has 9 heteroatoms. The minimum absolute atomic E-state index is 0.00579. The van der Waals surface area contributed by atoms with Gasteiger partial charge in [0, 0.05) is 33.0 Å². The monoisotopic (exact) mass is 517 g/mol. The van der Waals surface area contributed by atoms with Crippen LogP contribution in [-0.4, -0.2) is 27.6 Å². The summed E-state index contributed by atoms with van der Waals surface area (Å²) in [5.41, 5.74) is 11.5. The second-order valence-corrected chi connectivity index (χ2v) is 9.65. The lowest BCUT2D eigenvalue weighted by molar-refractivity contribution is 0.472. The number of nitrogens with two attached hydrogens (primary N) is 1. The summed E-state index contributed by atoms with van der Waals surface area (Å²) in [6.07, 6.45) is 6.85. The highest BCUT2D eigenvalue weighted by molar-refractivity contribution is 6.31. The van der Waals surface area contributed by atoms with Gasteiger partial charge in [0.1, 0.15) is 11.5 Å². The maximum atomic E-state index is 10.5. The van der Waals surface area contributed by atoms with Gasteiger partial charge in [-0.2, -0.15) is 10.2 Å². The van der Waals surface area contributed by atoms with Crippen LogP contribution < -0.4 is 11.2 Å². The van der Waals surface area contributed by atoms with Crippen molar-refractivity contribution in [3.05, 3.63) is 57.6 Å². The minimum atomic E-state index is 0.00579. The highest BCUT2D eigenvalue weighted by atomic mass is 35.5. The molecule has 188 valence electrons. The van der Waals surface area contributed by atoms with Gasteiger partial charge in [-0.15, -0.1) is 5.10 Å². The van der Waals surface area contributed by atoms with Gasteiger partial charge in [-0.1, -0.05) is 56.3 Å². The lowest BCUT2D eigenvalue weighted by atomic mass is 9.90. The first-order valence-corrected chi connectivity index (χ1v) is 12.8. The fourth-order valence-electron chi connectivity index (χ4n) is 4.50. The number of halogens is 2. The molecule has 35 heavy (non-hydrogen) atoms. The Bertz CT molecular complexity index is 1110. The van der Waals surface area contributed by atoms with Crippen LogP contribution in [0.1, 0.15) is 69.9 Å². The van der Waals surface area contributed by atoms with Crippen LogP contribution in [0.2, 0.25) is 10.0 Å². The van der Waals surface area contributed by atoms with Crippen molar-refractivity contribution in [2.75, 3.05) is 0 Å². The maximum Gasteiger partial charge on any atom is 0.234 e. The van der Waals surface area contributed by atoms with Gasteiger partial charge in [0.15, 0.2) is 0 Å². The quantitative estimate of drug-likeness (QED) is 0.174. The summed E-state index contributed by atoms with van der Waals surface area (Å²) in [5, 5.41) is 35.0. The van der Waals surface area contributed by atoms with Gasteiger partial charge in [-0.3, -0.25) is 0 Å². The second-order valence-electron chi connectivity index (χ2n) is 8.78. The number of phenols is 2. The third kappa shape index (κ3) is 7.12. The van der Waals surface area contributed by atoms with Gasteiger partial charge in [0.05, 0.1) is 11.4 Å². The highest BCUT2D eigenvalue weighted by Crippen LogP contribution is 2.33. The van der Waals surface area contributed by atoms with Crippen molar-refractivity contribution in [2.45, 2.75) is 58.8 Å². The Kier molecular flexibility index (Phi) is 9.81. The molecule has 0 aliphatic heterocycles.